The molecule has 5 saturated carbocycles. The topological polar surface area (TPSA) is 345 Å². The molecule has 456 valence electrons. The number of esters is 2. The molecule has 5 aliphatic carbocycles. The van der Waals surface area contributed by atoms with Crippen molar-refractivity contribution in [3.05, 3.63) is 160 Å². The molecule has 0 saturated heterocycles. The standard InChI is InChI=1S/C14H20N2O4.C11H13NO4.C10H11NO4.C9H12N2O2.C7H6O4.C4H9NO.2ClH/c1-14(2,3)20-13(18)15-9-6-5-7-16(12(9)17)10-8-11(10)19-4;1-15-9-6-8(9)12-5-3-4-7(10(12)13)11(14)16-2;1-15-8-5-7(8)11-4-2-3-6(9(11)12)10(13)14;1-13-8-5-7(8)11-4-2-3-6(10)9(11)12;1-10-6(8)5-3-2-4-11-7(5)9;1-6-4-2-3(4)5;;/h5-7,10-11H,8H2,1-4H3,(H,15,18);3-5,8-9H,6H2,1-2H3;2-4,7-8H,5H2,1H3,(H,13,14);2-4,7-8H,5,10H2,1H3;2-4H,1H3;3-4H,2,5H2,1H3;2*1H/t10-,11?;8-,9?;2*7-,8?;;3-,4?;;/m0000.0../s1. The third-order valence-corrected chi connectivity index (χ3v) is 12.9. The van der Waals surface area contributed by atoms with Crippen molar-refractivity contribution in [3.8, 4) is 0 Å². The van der Waals surface area contributed by atoms with Gasteiger partial charge >= 0.3 is 29.6 Å². The Balaban J connectivity index is 0.000000266. The van der Waals surface area contributed by atoms with Gasteiger partial charge in [0.1, 0.15) is 28.0 Å². The van der Waals surface area contributed by atoms with Gasteiger partial charge in [-0.25, -0.2) is 24.0 Å². The number of aromatic carboxylic acids is 1. The largest absolute Gasteiger partial charge is 0.477 e. The molecule has 1 amide bonds. The second-order valence-corrected chi connectivity index (χ2v) is 19.8. The van der Waals surface area contributed by atoms with E-state index in [1.165, 1.54) is 53.9 Å². The van der Waals surface area contributed by atoms with Crippen LogP contribution in [-0.4, -0.2) is 139 Å². The maximum atomic E-state index is 12.3. The van der Waals surface area contributed by atoms with E-state index in [9.17, 15) is 43.2 Å². The van der Waals surface area contributed by atoms with E-state index >= 15 is 0 Å². The van der Waals surface area contributed by atoms with Crippen LogP contribution < -0.4 is 44.6 Å². The van der Waals surface area contributed by atoms with Crippen LogP contribution in [0.25, 0.3) is 0 Å². The van der Waals surface area contributed by atoms with Gasteiger partial charge in [0.25, 0.3) is 22.2 Å². The van der Waals surface area contributed by atoms with Crippen LogP contribution in [0.15, 0.2) is 120 Å². The van der Waals surface area contributed by atoms with Gasteiger partial charge in [-0.3, -0.25) is 24.5 Å². The Morgan fingerprint density at radius 3 is 1.29 bits per heavy atom. The first-order valence-electron chi connectivity index (χ1n) is 25.5. The zero-order valence-corrected chi connectivity index (χ0v) is 49.2. The SMILES string of the molecule is COC(=O)c1cccn([C@H]2CC2OC)c1=O.COC(=O)c1cccoc1=O.COC1C[C@@H]1N.COC1C[C@@H]1n1cccc(C(=O)O)c1=O.COC1C[C@@H]1n1cccc(N)c1=O.COC1C[C@@H]1n1cccc(NC(=O)OC(C)(C)C)c1=O.Cl.Cl. The lowest BCUT2D eigenvalue weighted by Gasteiger charge is -2.19. The van der Waals surface area contributed by atoms with Crippen LogP contribution in [0.4, 0.5) is 16.2 Å². The van der Waals surface area contributed by atoms with Crippen molar-refractivity contribution in [2.75, 3.05) is 60.8 Å². The molecule has 5 aromatic rings. The Hall–Kier alpha value is -7.43. The first-order chi connectivity index (χ1) is 38.5. The summed E-state index contributed by atoms with van der Waals surface area (Å²) in [5.74, 6) is -2.47. The number of amides is 1. The van der Waals surface area contributed by atoms with Crippen molar-refractivity contribution >= 4 is 60.2 Å². The average molecular weight is 1210 g/mol. The summed E-state index contributed by atoms with van der Waals surface area (Å²) in [4.78, 5) is 103. The minimum absolute atomic E-state index is 0. The van der Waals surface area contributed by atoms with Crippen molar-refractivity contribution in [1.29, 1.82) is 0 Å². The van der Waals surface area contributed by atoms with Crippen LogP contribution in [-0.2, 0) is 37.9 Å². The number of nitrogen functional groups attached to an aromatic ring is 1. The van der Waals surface area contributed by atoms with E-state index in [1.54, 1.807) is 127 Å². The molecule has 5 heterocycles. The Morgan fingerprint density at radius 2 is 0.916 bits per heavy atom. The summed E-state index contributed by atoms with van der Waals surface area (Å²) < 4.78 is 50.0. The van der Waals surface area contributed by atoms with Gasteiger partial charge in [0.2, 0.25) is 0 Å². The van der Waals surface area contributed by atoms with Gasteiger partial charge in [0.15, 0.2) is 0 Å². The number of hydrogen-bond acceptors (Lipinski definition) is 20. The Bertz CT molecular complexity index is 3280. The second-order valence-electron chi connectivity index (χ2n) is 19.8. The highest BCUT2D eigenvalue weighted by molar-refractivity contribution is 5.89. The lowest BCUT2D eigenvalue weighted by molar-refractivity contribution is 0.0587. The fraction of sp³-hybridized carbons (Fsp3) is 0.473. The maximum absolute atomic E-state index is 12.3. The van der Waals surface area contributed by atoms with Gasteiger partial charge in [-0.1, -0.05) is 0 Å². The monoisotopic (exact) mass is 1210 g/mol. The van der Waals surface area contributed by atoms with E-state index in [1.807, 2.05) is 0 Å². The molecule has 26 nitrogen and oxygen atoms in total. The molecule has 0 spiro atoms. The van der Waals surface area contributed by atoms with Gasteiger partial charge in [-0.15, -0.1) is 24.8 Å². The van der Waals surface area contributed by atoms with Gasteiger partial charge < -0.3 is 77.2 Å². The van der Waals surface area contributed by atoms with E-state index in [2.05, 4.69) is 19.2 Å². The number of nitrogens with zero attached hydrogens (tertiary/aromatic N) is 4. The number of halogens is 2. The number of ether oxygens (including phenoxy) is 8. The predicted molar refractivity (Wildman–Crippen MR) is 307 cm³/mol. The lowest BCUT2D eigenvalue weighted by atomic mass is 10.2. The summed E-state index contributed by atoms with van der Waals surface area (Å²) in [6.07, 6.45) is 12.4. The highest BCUT2D eigenvalue weighted by Crippen LogP contribution is 2.39. The third kappa shape index (κ3) is 19.9. The number of carboxylic acids is 1. The second kappa shape index (κ2) is 31.9. The van der Waals surface area contributed by atoms with E-state index < -0.39 is 40.8 Å². The molecular weight excluding hydrogens is 1130 g/mol. The smallest absolute Gasteiger partial charge is 0.412 e. The first-order valence-corrected chi connectivity index (χ1v) is 25.5. The first kappa shape index (κ1) is 69.8. The Labute approximate surface area is 489 Å². The number of carboxylic acid groups (broad SMARTS) is 1. The fourth-order valence-electron chi connectivity index (χ4n) is 7.95. The number of nitrogens with two attached hydrogens (primary N) is 2. The summed E-state index contributed by atoms with van der Waals surface area (Å²) in [7, 11) is 10.6. The van der Waals surface area contributed by atoms with E-state index in [0.29, 0.717) is 17.8 Å². The van der Waals surface area contributed by atoms with Gasteiger partial charge in [-0.2, -0.15) is 0 Å². The molecule has 5 aliphatic rings. The molecule has 5 aromatic heterocycles. The molecule has 10 atom stereocenters. The molecule has 0 aliphatic heterocycles. The number of methoxy groups -OCH3 is 7. The summed E-state index contributed by atoms with van der Waals surface area (Å²) >= 11 is 0. The zero-order valence-electron chi connectivity index (χ0n) is 47.5. The van der Waals surface area contributed by atoms with Crippen LogP contribution in [0.5, 0.6) is 0 Å². The van der Waals surface area contributed by atoms with Gasteiger partial charge in [-0.05, 0) is 114 Å². The number of pyridine rings is 4. The molecule has 0 aromatic carbocycles. The van der Waals surface area contributed by atoms with Crippen molar-refractivity contribution in [3.63, 3.8) is 0 Å². The fourth-order valence-corrected chi connectivity index (χ4v) is 7.95. The predicted octanol–water partition coefficient (Wildman–Crippen LogP) is 4.65. The quantitative estimate of drug-likeness (QED) is 0.0920. The molecule has 10 rings (SSSR count). The van der Waals surface area contributed by atoms with Crippen molar-refractivity contribution in [2.24, 2.45) is 5.73 Å². The number of hydrogen-bond donors (Lipinski definition) is 4. The molecule has 5 unspecified atom stereocenters. The van der Waals surface area contributed by atoms with E-state index in [4.69, 9.17) is 45.0 Å². The number of carbonyl (C=O) groups is 4. The van der Waals surface area contributed by atoms with Crippen LogP contribution in [0.2, 0.25) is 0 Å². The maximum Gasteiger partial charge on any atom is 0.412 e. The highest BCUT2D eigenvalue weighted by Gasteiger charge is 2.42. The highest BCUT2D eigenvalue weighted by atomic mass is 35.5. The number of rotatable bonds is 13. The Morgan fingerprint density at radius 1 is 0.542 bits per heavy atom. The third-order valence-electron chi connectivity index (χ3n) is 12.9. The number of aromatic nitrogens is 4. The van der Waals surface area contributed by atoms with Crippen molar-refractivity contribution in [2.45, 2.75) is 119 Å². The van der Waals surface area contributed by atoms with Gasteiger partial charge in [0.05, 0.1) is 80.9 Å². The van der Waals surface area contributed by atoms with Gasteiger partial charge in [0, 0.05) is 66.4 Å². The summed E-state index contributed by atoms with van der Waals surface area (Å²) in [6, 6.07) is 16.1. The minimum atomic E-state index is -1.19. The molecule has 6 N–H and O–H groups in total. The van der Waals surface area contributed by atoms with Crippen LogP contribution in [0, 0.1) is 0 Å². The summed E-state index contributed by atoms with van der Waals surface area (Å²) in [5.41, 5.74) is 8.70. The summed E-state index contributed by atoms with van der Waals surface area (Å²) in [6.45, 7) is 5.30. The normalized spacial score (nSPS) is 22.3. The van der Waals surface area contributed by atoms with Crippen molar-refractivity contribution < 1.29 is 66.6 Å². The molecule has 0 radical (unpaired) electrons. The van der Waals surface area contributed by atoms with Crippen molar-refractivity contribution in [1.82, 2.24) is 18.3 Å². The van der Waals surface area contributed by atoms with E-state index in [0.717, 1.165) is 32.1 Å². The lowest BCUT2D eigenvalue weighted by Crippen LogP contribution is -2.30. The molecule has 28 heteroatoms. The number of carbonyl (C=O) groups excluding carboxylic acids is 3. The van der Waals surface area contributed by atoms with Crippen LogP contribution in [0.1, 0.15) is 108 Å². The Kier molecular flexibility index (Phi) is 26.8. The average Bonchev–Trinajstić information content (AvgIpc) is 4.17. The molecule has 0 bridgehead atoms. The van der Waals surface area contributed by atoms with Crippen LogP contribution in [0.3, 0.4) is 0 Å². The van der Waals surface area contributed by atoms with Crippen LogP contribution >= 0.6 is 24.8 Å². The van der Waals surface area contributed by atoms with E-state index in [-0.39, 0.29) is 112 Å². The molecule has 5 fully saturated rings. The summed E-state index contributed by atoms with van der Waals surface area (Å²) in [5, 5.41) is 11.3. The molecular formula is C55H73Cl2N7O19. The molecule has 83 heavy (non-hydrogen) atoms. The zero-order chi connectivity index (χ0) is 59.9. The number of anilines is 2. The number of nitrogens with one attached hydrogen (secondary N) is 1. The minimum Gasteiger partial charge on any atom is -0.477 e.